The number of thiocarbonyl (C=S) groups is 1. The van der Waals surface area contributed by atoms with Gasteiger partial charge in [-0.2, -0.15) is 0 Å². The SMILES string of the molecule is CNC(=S)C1(c2cccnc2)CCCC1=NOCc1ccccc1. The first-order chi connectivity index (χ1) is 11.8. The first kappa shape index (κ1) is 16.6. The van der Waals surface area contributed by atoms with Crippen LogP contribution in [0.3, 0.4) is 0 Å². The number of likely N-dealkylation sites (N-methyl/N-ethyl adjacent to an activating group) is 1. The van der Waals surface area contributed by atoms with E-state index in [-0.39, 0.29) is 0 Å². The molecule has 0 spiro atoms. The summed E-state index contributed by atoms with van der Waals surface area (Å²) in [6.45, 7) is 0.458. The van der Waals surface area contributed by atoms with Crippen LogP contribution < -0.4 is 5.32 Å². The summed E-state index contributed by atoms with van der Waals surface area (Å²) in [5.74, 6) is 0. The van der Waals surface area contributed by atoms with Crippen molar-refractivity contribution in [2.75, 3.05) is 7.05 Å². The number of rotatable bonds is 5. The lowest BCUT2D eigenvalue weighted by Crippen LogP contribution is -2.45. The van der Waals surface area contributed by atoms with Crippen molar-refractivity contribution in [2.24, 2.45) is 5.16 Å². The van der Waals surface area contributed by atoms with E-state index in [2.05, 4.69) is 21.5 Å². The van der Waals surface area contributed by atoms with Crippen LogP contribution in [0.15, 0.2) is 60.0 Å². The summed E-state index contributed by atoms with van der Waals surface area (Å²) in [7, 11) is 1.86. The molecule has 1 unspecified atom stereocenters. The molecule has 1 fully saturated rings. The second-order valence-corrected chi connectivity index (χ2v) is 6.28. The van der Waals surface area contributed by atoms with Crippen molar-refractivity contribution in [1.29, 1.82) is 0 Å². The maximum atomic E-state index is 5.66. The highest BCUT2D eigenvalue weighted by Crippen LogP contribution is 2.40. The predicted molar refractivity (Wildman–Crippen MR) is 100 cm³/mol. The Morgan fingerprint density at radius 1 is 1.29 bits per heavy atom. The zero-order valence-corrected chi connectivity index (χ0v) is 14.6. The Balaban J connectivity index is 1.87. The van der Waals surface area contributed by atoms with Crippen molar-refractivity contribution >= 4 is 22.9 Å². The van der Waals surface area contributed by atoms with Crippen LogP contribution in [0.5, 0.6) is 0 Å². The lowest BCUT2D eigenvalue weighted by atomic mass is 9.78. The first-order valence-electron chi connectivity index (χ1n) is 8.13. The van der Waals surface area contributed by atoms with Crippen LogP contribution >= 0.6 is 12.2 Å². The monoisotopic (exact) mass is 339 g/mol. The standard InChI is InChI=1S/C19H21N3OS/c1-20-18(24)19(16-9-6-12-21-13-16)11-5-10-17(19)22-23-14-15-7-3-2-4-8-15/h2-4,6-9,12-13H,5,10-11,14H2,1H3,(H,20,24). The van der Waals surface area contributed by atoms with E-state index in [0.717, 1.165) is 41.1 Å². The average molecular weight is 339 g/mol. The molecule has 1 saturated carbocycles. The fourth-order valence-electron chi connectivity index (χ4n) is 3.28. The first-order valence-corrected chi connectivity index (χ1v) is 8.54. The lowest BCUT2D eigenvalue weighted by Gasteiger charge is -2.30. The van der Waals surface area contributed by atoms with Gasteiger partial charge in [-0.15, -0.1) is 0 Å². The Morgan fingerprint density at radius 3 is 2.83 bits per heavy atom. The molecule has 5 heteroatoms. The minimum atomic E-state index is -0.408. The topological polar surface area (TPSA) is 46.5 Å². The smallest absolute Gasteiger partial charge is 0.142 e. The van der Waals surface area contributed by atoms with Gasteiger partial charge in [0.2, 0.25) is 0 Å². The van der Waals surface area contributed by atoms with Crippen molar-refractivity contribution in [3.8, 4) is 0 Å². The van der Waals surface area contributed by atoms with Crippen LogP contribution in [-0.2, 0) is 16.9 Å². The Hall–Kier alpha value is -2.27. The van der Waals surface area contributed by atoms with E-state index in [4.69, 9.17) is 17.1 Å². The molecule has 1 atom stereocenters. The minimum absolute atomic E-state index is 0.408. The van der Waals surface area contributed by atoms with Crippen LogP contribution in [0.25, 0.3) is 0 Å². The van der Waals surface area contributed by atoms with Crippen molar-refractivity contribution in [1.82, 2.24) is 10.3 Å². The molecule has 1 aliphatic carbocycles. The minimum Gasteiger partial charge on any atom is -0.391 e. The molecule has 24 heavy (non-hydrogen) atoms. The van der Waals surface area contributed by atoms with Gasteiger partial charge in [0, 0.05) is 19.4 Å². The number of hydrogen-bond acceptors (Lipinski definition) is 4. The van der Waals surface area contributed by atoms with Gasteiger partial charge in [-0.25, -0.2) is 0 Å². The molecule has 0 saturated heterocycles. The fraction of sp³-hybridized carbons (Fsp3) is 0.316. The molecule has 2 aromatic rings. The molecule has 4 nitrogen and oxygen atoms in total. The zero-order chi connectivity index (χ0) is 16.8. The van der Waals surface area contributed by atoms with Crippen LogP contribution in [0.1, 0.15) is 30.4 Å². The maximum absolute atomic E-state index is 5.66. The number of benzene rings is 1. The van der Waals surface area contributed by atoms with Crippen molar-refractivity contribution in [2.45, 2.75) is 31.3 Å². The van der Waals surface area contributed by atoms with Gasteiger partial charge in [0.1, 0.15) is 6.61 Å². The van der Waals surface area contributed by atoms with Crippen LogP contribution in [-0.4, -0.2) is 22.7 Å². The van der Waals surface area contributed by atoms with E-state index in [0.29, 0.717) is 6.61 Å². The Kier molecular flexibility index (Phi) is 5.20. The molecule has 124 valence electrons. The molecular weight excluding hydrogens is 318 g/mol. The number of pyridine rings is 1. The summed E-state index contributed by atoms with van der Waals surface area (Å²) < 4.78 is 0. The maximum Gasteiger partial charge on any atom is 0.142 e. The van der Waals surface area contributed by atoms with Gasteiger partial charge in [-0.05, 0) is 36.5 Å². The van der Waals surface area contributed by atoms with E-state index in [1.807, 2.05) is 49.6 Å². The normalized spacial score (nSPS) is 21.6. The molecule has 1 heterocycles. The average Bonchev–Trinajstić information content (AvgIpc) is 3.07. The van der Waals surface area contributed by atoms with Crippen molar-refractivity contribution < 1.29 is 4.84 Å². The third-order valence-corrected chi connectivity index (χ3v) is 5.03. The zero-order valence-electron chi connectivity index (χ0n) is 13.7. The molecular formula is C19H21N3OS. The number of nitrogens with one attached hydrogen (secondary N) is 1. The summed E-state index contributed by atoms with van der Waals surface area (Å²) in [5, 5.41) is 7.63. The molecule has 0 radical (unpaired) electrons. The van der Waals surface area contributed by atoms with Crippen LogP contribution in [0.2, 0.25) is 0 Å². The highest BCUT2D eigenvalue weighted by molar-refractivity contribution is 7.80. The Bertz CT molecular complexity index is 718. The predicted octanol–water partition coefficient (Wildman–Crippen LogP) is 3.62. The Morgan fingerprint density at radius 2 is 2.12 bits per heavy atom. The summed E-state index contributed by atoms with van der Waals surface area (Å²) in [6, 6.07) is 14.0. The highest BCUT2D eigenvalue weighted by Gasteiger charge is 2.46. The third kappa shape index (κ3) is 3.17. The highest BCUT2D eigenvalue weighted by atomic mass is 32.1. The van der Waals surface area contributed by atoms with E-state index >= 15 is 0 Å². The van der Waals surface area contributed by atoms with Crippen LogP contribution in [0, 0.1) is 0 Å². The van der Waals surface area contributed by atoms with Gasteiger partial charge in [0.15, 0.2) is 0 Å². The van der Waals surface area contributed by atoms with Gasteiger partial charge in [0.05, 0.1) is 16.1 Å². The summed E-state index contributed by atoms with van der Waals surface area (Å²) in [6.07, 6.45) is 6.49. The molecule has 1 N–H and O–H groups in total. The van der Waals surface area contributed by atoms with Crippen molar-refractivity contribution in [3.63, 3.8) is 0 Å². The fourth-order valence-corrected chi connectivity index (χ4v) is 3.61. The van der Waals surface area contributed by atoms with Crippen LogP contribution in [0.4, 0.5) is 0 Å². The number of aromatic nitrogens is 1. The largest absolute Gasteiger partial charge is 0.391 e. The van der Waals surface area contributed by atoms with E-state index < -0.39 is 5.41 Å². The number of hydrogen-bond donors (Lipinski definition) is 1. The lowest BCUT2D eigenvalue weighted by molar-refractivity contribution is 0.129. The molecule has 3 rings (SSSR count). The quantitative estimate of drug-likeness (QED) is 0.667. The van der Waals surface area contributed by atoms with Gasteiger partial charge in [0.25, 0.3) is 0 Å². The molecule has 0 bridgehead atoms. The molecule has 1 aromatic carbocycles. The number of oxime groups is 1. The molecule has 1 aromatic heterocycles. The second-order valence-electron chi connectivity index (χ2n) is 5.88. The van der Waals surface area contributed by atoms with Gasteiger partial charge in [-0.1, -0.05) is 53.8 Å². The molecule has 1 aliphatic rings. The summed E-state index contributed by atoms with van der Waals surface area (Å²) in [5.41, 5.74) is 2.74. The van der Waals surface area contributed by atoms with E-state index in [9.17, 15) is 0 Å². The summed E-state index contributed by atoms with van der Waals surface area (Å²) in [4.78, 5) is 10.7. The second kappa shape index (κ2) is 7.53. The van der Waals surface area contributed by atoms with E-state index in [1.54, 1.807) is 6.20 Å². The Labute approximate surface area is 147 Å². The van der Waals surface area contributed by atoms with Gasteiger partial charge < -0.3 is 10.2 Å². The van der Waals surface area contributed by atoms with Gasteiger partial charge in [-0.3, -0.25) is 4.98 Å². The van der Waals surface area contributed by atoms with Crippen molar-refractivity contribution in [3.05, 3.63) is 66.0 Å². The van der Waals surface area contributed by atoms with Gasteiger partial charge >= 0.3 is 0 Å². The molecule has 0 aliphatic heterocycles. The van der Waals surface area contributed by atoms with E-state index in [1.165, 1.54) is 0 Å². The third-order valence-electron chi connectivity index (χ3n) is 4.48. The summed E-state index contributed by atoms with van der Waals surface area (Å²) >= 11 is 5.65. The number of nitrogens with zero attached hydrogens (tertiary/aromatic N) is 2. The molecule has 0 amide bonds.